The van der Waals surface area contributed by atoms with Gasteiger partial charge in [0.25, 0.3) is 0 Å². The van der Waals surface area contributed by atoms with Crippen molar-refractivity contribution in [3.8, 4) is 0 Å². The van der Waals surface area contributed by atoms with Crippen LogP contribution in [0.3, 0.4) is 0 Å². The van der Waals surface area contributed by atoms with Gasteiger partial charge in [0, 0.05) is 0 Å². The molecule has 1 unspecified atom stereocenters. The lowest BCUT2D eigenvalue weighted by atomic mass is 9.95. The average Bonchev–Trinajstić information content (AvgIpc) is 2.34. The van der Waals surface area contributed by atoms with Crippen molar-refractivity contribution in [3.63, 3.8) is 0 Å². The van der Waals surface area contributed by atoms with Gasteiger partial charge in [0.05, 0.1) is 5.56 Å². The van der Waals surface area contributed by atoms with Crippen LogP contribution in [0.2, 0.25) is 0 Å². The normalized spacial score (nSPS) is 12.5. The molecule has 100 valence electrons. The zero-order chi connectivity index (χ0) is 14.2. The molecule has 0 bridgehead atoms. The lowest BCUT2D eigenvalue weighted by Crippen LogP contribution is -2.08. The van der Waals surface area contributed by atoms with Gasteiger partial charge in [-0.05, 0) is 48.7 Å². The van der Waals surface area contributed by atoms with Gasteiger partial charge in [0.2, 0.25) is 0 Å². The minimum Gasteiger partial charge on any atom is -0.383 e. The van der Waals surface area contributed by atoms with Crippen LogP contribution in [-0.2, 0) is 0 Å². The second kappa shape index (κ2) is 5.05. The van der Waals surface area contributed by atoms with E-state index in [1.54, 1.807) is 6.92 Å². The maximum Gasteiger partial charge on any atom is 0.135 e. The molecule has 0 amide bonds. The molecule has 0 saturated heterocycles. The van der Waals surface area contributed by atoms with Crippen molar-refractivity contribution in [1.29, 1.82) is 0 Å². The fourth-order valence-electron chi connectivity index (χ4n) is 2.03. The second-order valence-electron chi connectivity index (χ2n) is 4.50. The molecule has 0 radical (unpaired) electrons. The highest BCUT2D eigenvalue weighted by atomic mass is 19.1. The minimum atomic E-state index is -1.46. The molecule has 0 saturated carbocycles. The summed E-state index contributed by atoms with van der Waals surface area (Å²) in [6, 6.07) is 6.10. The molecular weight excluding hydrogens is 253 g/mol. The Labute approximate surface area is 109 Å². The SMILES string of the molecule is Cc1cc(F)ccc1C(O)c1c(F)ccc(C)c1F. The van der Waals surface area contributed by atoms with Crippen LogP contribution in [0.1, 0.15) is 28.4 Å². The number of rotatable bonds is 2. The molecule has 2 aromatic carbocycles. The maximum absolute atomic E-state index is 13.9. The second-order valence-corrected chi connectivity index (χ2v) is 4.50. The molecular formula is C15H13F3O. The van der Waals surface area contributed by atoms with Gasteiger partial charge in [-0.3, -0.25) is 0 Å². The summed E-state index contributed by atoms with van der Waals surface area (Å²) in [6.07, 6.45) is -1.46. The summed E-state index contributed by atoms with van der Waals surface area (Å²) in [7, 11) is 0. The Morgan fingerprint density at radius 2 is 1.63 bits per heavy atom. The maximum atomic E-state index is 13.9. The first-order valence-electron chi connectivity index (χ1n) is 5.80. The van der Waals surface area contributed by atoms with Gasteiger partial charge in [0.1, 0.15) is 23.6 Å². The van der Waals surface area contributed by atoms with Crippen molar-refractivity contribution in [2.24, 2.45) is 0 Å². The van der Waals surface area contributed by atoms with Crippen LogP contribution in [0.5, 0.6) is 0 Å². The first kappa shape index (κ1) is 13.6. The van der Waals surface area contributed by atoms with Gasteiger partial charge in [-0.1, -0.05) is 12.1 Å². The monoisotopic (exact) mass is 266 g/mol. The lowest BCUT2D eigenvalue weighted by molar-refractivity contribution is 0.208. The molecule has 4 heteroatoms. The van der Waals surface area contributed by atoms with E-state index in [2.05, 4.69) is 0 Å². The first-order chi connectivity index (χ1) is 8.91. The predicted molar refractivity (Wildman–Crippen MR) is 66.3 cm³/mol. The predicted octanol–water partition coefficient (Wildman–Crippen LogP) is 3.80. The van der Waals surface area contributed by atoms with Crippen molar-refractivity contribution >= 4 is 0 Å². The van der Waals surface area contributed by atoms with Crippen LogP contribution >= 0.6 is 0 Å². The number of benzene rings is 2. The molecule has 0 fully saturated rings. The summed E-state index contributed by atoms with van der Waals surface area (Å²) in [6.45, 7) is 3.07. The van der Waals surface area contributed by atoms with Crippen LogP contribution in [-0.4, -0.2) is 5.11 Å². The fourth-order valence-corrected chi connectivity index (χ4v) is 2.03. The van der Waals surface area contributed by atoms with E-state index in [4.69, 9.17) is 0 Å². The molecule has 1 nitrogen and oxygen atoms in total. The van der Waals surface area contributed by atoms with Crippen LogP contribution in [0.15, 0.2) is 30.3 Å². The van der Waals surface area contributed by atoms with Crippen molar-refractivity contribution in [3.05, 3.63) is 70.0 Å². The Hall–Kier alpha value is -1.81. The fraction of sp³-hybridized carbons (Fsp3) is 0.200. The van der Waals surface area contributed by atoms with E-state index in [-0.39, 0.29) is 11.1 Å². The average molecular weight is 266 g/mol. The highest BCUT2D eigenvalue weighted by Gasteiger charge is 2.22. The van der Waals surface area contributed by atoms with Crippen molar-refractivity contribution in [2.45, 2.75) is 20.0 Å². The van der Waals surface area contributed by atoms with Gasteiger partial charge >= 0.3 is 0 Å². The van der Waals surface area contributed by atoms with E-state index in [1.807, 2.05) is 0 Å². The molecule has 2 rings (SSSR count). The summed E-state index contributed by atoms with van der Waals surface area (Å²) in [5.41, 5.74) is 0.558. The smallest absolute Gasteiger partial charge is 0.135 e. The summed E-state index contributed by atoms with van der Waals surface area (Å²) >= 11 is 0. The van der Waals surface area contributed by atoms with Crippen LogP contribution in [0.25, 0.3) is 0 Å². The standard InChI is InChI=1S/C15H13F3O/c1-8-3-6-12(17)13(14(8)18)15(19)11-5-4-10(16)7-9(11)2/h3-7,15,19H,1-2H3. The molecule has 1 atom stereocenters. The Kier molecular flexibility index (Phi) is 3.62. The highest BCUT2D eigenvalue weighted by molar-refractivity contribution is 5.38. The molecule has 0 aliphatic carbocycles. The van der Waals surface area contributed by atoms with Gasteiger partial charge < -0.3 is 5.11 Å². The number of aliphatic hydroxyl groups excluding tert-OH is 1. The van der Waals surface area contributed by atoms with Crippen molar-refractivity contribution in [1.82, 2.24) is 0 Å². The number of aliphatic hydroxyl groups is 1. The number of halogens is 3. The Balaban J connectivity index is 2.56. The third-order valence-electron chi connectivity index (χ3n) is 3.12. The molecule has 0 aliphatic heterocycles. The molecule has 19 heavy (non-hydrogen) atoms. The third-order valence-corrected chi connectivity index (χ3v) is 3.12. The van der Waals surface area contributed by atoms with Gasteiger partial charge in [-0.15, -0.1) is 0 Å². The van der Waals surface area contributed by atoms with E-state index < -0.39 is 29.1 Å². The van der Waals surface area contributed by atoms with E-state index >= 15 is 0 Å². The van der Waals surface area contributed by atoms with Gasteiger partial charge in [0.15, 0.2) is 0 Å². The largest absolute Gasteiger partial charge is 0.383 e. The van der Waals surface area contributed by atoms with E-state index in [0.717, 1.165) is 12.1 Å². The number of hydrogen-bond donors (Lipinski definition) is 1. The summed E-state index contributed by atoms with van der Waals surface area (Å²) < 4.78 is 40.6. The van der Waals surface area contributed by atoms with E-state index in [1.165, 1.54) is 25.1 Å². The summed E-state index contributed by atoms with van der Waals surface area (Å²) in [5.74, 6) is -2.06. The van der Waals surface area contributed by atoms with Crippen molar-refractivity contribution < 1.29 is 18.3 Å². The summed E-state index contributed by atoms with van der Waals surface area (Å²) in [5, 5.41) is 10.1. The number of aryl methyl sites for hydroxylation is 2. The van der Waals surface area contributed by atoms with Crippen LogP contribution in [0.4, 0.5) is 13.2 Å². The Bertz CT molecular complexity index is 623. The Morgan fingerprint density at radius 1 is 0.947 bits per heavy atom. The van der Waals surface area contributed by atoms with Crippen LogP contribution < -0.4 is 0 Å². The first-order valence-corrected chi connectivity index (χ1v) is 5.80. The zero-order valence-corrected chi connectivity index (χ0v) is 10.5. The van der Waals surface area contributed by atoms with Gasteiger partial charge in [-0.2, -0.15) is 0 Å². The topological polar surface area (TPSA) is 20.2 Å². The van der Waals surface area contributed by atoms with Crippen LogP contribution in [0, 0.1) is 31.3 Å². The molecule has 2 aromatic rings. The third kappa shape index (κ3) is 2.49. The van der Waals surface area contributed by atoms with Crippen molar-refractivity contribution in [2.75, 3.05) is 0 Å². The number of hydrogen-bond acceptors (Lipinski definition) is 1. The summed E-state index contributed by atoms with van der Waals surface area (Å²) in [4.78, 5) is 0. The Morgan fingerprint density at radius 3 is 2.26 bits per heavy atom. The zero-order valence-electron chi connectivity index (χ0n) is 10.5. The minimum absolute atomic E-state index is 0.246. The lowest BCUT2D eigenvalue weighted by Gasteiger charge is -2.16. The quantitative estimate of drug-likeness (QED) is 0.876. The molecule has 1 N–H and O–H groups in total. The van der Waals surface area contributed by atoms with E-state index in [9.17, 15) is 18.3 Å². The molecule has 0 aliphatic rings. The molecule has 0 aromatic heterocycles. The van der Waals surface area contributed by atoms with Gasteiger partial charge in [-0.25, -0.2) is 13.2 Å². The van der Waals surface area contributed by atoms with E-state index in [0.29, 0.717) is 5.56 Å². The molecule has 0 heterocycles. The molecule has 0 spiro atoms. The highest BCUT2D eigenvalue weighted by Crippen LogP contribution is 2.30.